The van der Waals surface area contributed by atoms with Gasteiger partial charge in [-0.1, -0.05) is 6.07 Å². The first-order valence-electron chi connectivity index (χ1n) is 6.18. The third-order valence-electron chi connectivity index (χ3n) is 3.25. The fourth-order valence-electron chi connectivity index (χ4n) is 2.17. The average molecular weight is 304 g/mol. The van der Waals surface area contributed by atoms with Gasteiger partial charge in [-0.2, -0.15) is 0 Å². The first kappa shape index (κ1) is 15.1. The van der Waals surface area contributed by atoms with E-state index in [2.05, 4.69) is 0 Å². The molecule has 1 aromatic rings. The normalized spacial score (nSPS) is 17.1. The summed E-state index contributed by atoms with van der Waals surface area (Å²) in [6, 6.07) is 2.98. The number of hydrogen-bond acceptors (Lipinski definition) is 4. The minimum atomic E-state index is -3.73. The fraction of sp³-hybridized carbons (Fsp3) is 0.462. The van der Waals surface area contributed by atoms with Gasteiger partial charge < -0.3 is 4.74 Å². The smallest absolute Gasteiger partial charge is 0.183 e. The van der Waals surface area contributed by atoms with Crippen LogP contribution in [-0.2, 0) is 14.6 Å². The minimum Gasteiger partial charge on any atom is -0.381 e. The summed E-state index contributed by atoms with van der Waals surface area (Å²) in [5.74, 6) is -4.02. The molecule has 0 unspecified atom stereocenters. The maximum absolute atomic E-state index is 13.4. The molecule has 1 aromatic carbocycles. The van der Waals surface area contributed by atoms with Crippen LogP contribution in [0, 0.1) is 11.6 Å². The highest BCUT2D eigenvalue weighted by atomic mass is 32.2. The number of ether oxygens (including phenoxy) is 1. The van der Waals surface area contributed by atoms with E-state index in [0.717, 1.165) is 18.2 Å². The Hall–Kier alpha value is -1.34. The maximum atomic E-state index is 13.4. The van der Waals surface area contributed by atoms with E-state index in [1.807, 2.05) is 0 Å². The van der Waals surface area contributed by atoms with Crippen LogP contribution in [0.3, 0.4) is 0 Å². The Balaban J connectivity index is 2.18. The Bertz CT molecular complexity index is 587. The van der Waals surface area contributed by atoms with Gasteiger partial charge >= 0.3 is 0 Å². The van der Waals surface area contributed by atoms with E-state index >= 15 is 0 Å². The summed E-state index contributed by atoms with van der Waals surface area (Å²) >= 11 is 0. The Morgan fingerprint density at radius 2 is 1.75 bits per heavy atom. The molecule has 0 aromatic heterocycles. The van der Waals surface area contributed by atoms with Crippen molar-refractivity contribution in [1.29, 1.82) is 0 Å². The minimum absolute atomic E-state index is 0.301. The predicted molar refractivity (Wildman–Crippen MR) is 68.3 cm³/mol. The number of carbonyl (C=O) groups is 1. The highest BCUT2D eigenvalue weighted by Crippen LogP contribution is 2.19. The van der Waals surface area contributed by atoms with E-state index in [-0.39, 0.29) is 0 Å². The molecule has 0 saturated carbocycles. The van der Waals surface area contributed by atoms with Crippen LogP contribution < -0.4 is 0 Å². The highest BCUT2D eigenvalue weighted by molar-refractivity contribution is 7.92. The summed E-state index contributed by atoms with van der Waals surface area (Å²) < 4.78 is 56.1. The molecule has 1 aliphatic heterocycles. The van der Waals surface area contributed by atoms with Crippen molar-refractivity contribution in [2.24, 2.45) is 0 Å². The lowest BCUT2D eigenvalue weighted by Gasteiger charge is -2.21. The van der Waals surface area contributed by atoms with Crippen LogP contribution in [0.2, 0.25) is 0 Å². The number of carbonyl (C=O) groups excluding carboxylic acids is 1. The molecule has 1 fully saturated rings. The summed E-state index contributed by atoms with van der Waals surface area (Å²) in [4.78, 5) is 11.9. The zero-order chi connectivity index (χ0) is 14.8. The van der Waals surface area contributed by atoms with Gasteiger partial charge in [0.1, 0.15) is 17.4 Å². The summed E-state index contributed by atoms with van der Waals surface area (Å²) in [7, 11) is -3.73. The molecule has 0 bridgehead atoms. The number of rotatable bonds is 4. The van der Waals surface area contributed by atoms with Gasteiger partial charge in [0, 0.05) is 13.2 Å². The van der Waals surface area contributed by atoms with Crippen molar-refractivity contribution in [3.8, 4) is 0 Å². The molecular weight excluding hydrogens is 290 g/mol. The van der Waals surface area contributed by atoms with Crippen molar-refractivity contribution in [1.82, 2.24) is 0 Å². The van der Waals surface area contributed by atoms with Gasteiger partial charge in [-0.3, -0.25) is 4.79 Å². The first-order chi connectivity index (χ1) is 9.42. The van der Waals surface area contributed by atoms with Crippen LogP contribution >= 0.6 is 0 Å². The Morgan fingerprint density at radius 1 is 1.20 bits per heavy atom. The van der Waals surface area contributed by atoms with Crippen molar-refractivity contribution in [3.63, 3.8) is 0 Å². The molecule has 0 spiro atoms. The van der Waals surface area contributed by atoms with Gasteiger partial charge in [-0.05, 0) is 25.0 Å². The lowest BCUT2D eigenvalue weighted by atomic mass is 10.1. The average Bonchev–Trinajstić information content (AvgIpc) is 2.39. The van der Waals surface area contributed by atoms with Crippen LogP contribution in [0.5, 0.6) is 0 Å². The number of halogens is 2. The topological polar surface area (TPSA) is 60.4 Å². The number of Topliss-reactive ketones (excluding diaryl/α,β-unsaturated/α-hetero) is 1. The van der Waals surface area contributed by atoms with E-state index in [1.54, 1.807) is 0 Å². The van der Waals surface area contributed by atoms with E-state index in [0.29, 0.717) is 26.1 Å². The van der Waals surface area contributed by atoms with Crippen LogP contribution in [0.25, 0.3) is 0 Å². The van der Waals surface area contributed by atoms with E-state index < -0.39 is 43.8 Å². The van der Waals surface area contributed by atoms with Crippen LogP contribution in [0.1, 0.15) is 23.2 Å². The zero-order valence-electron chi connectivity index (χ0n) is 10.6. The molecule has 1 aliphatic rings. The number of sulfone groups is 1. The van der Waals surface area contributed by atoms with Crippen LogP contribution in [0.4, 0.5) is 8.78 Å². The number of hydrogen-bond donors (Lipinski definition) is 0. The van der Waals surface area contributed by atoms with Gasteiger partial charge in [0.25, 0.3) is 0 Å². The monoisotopic (exact) mass is 304 g/mol. The van der Waals surface area contributed by atoms with Crippen molar-refractivity contribution in [2.75, 3.05) is 19.0 Å². The third kappa shape index (κ3) is 3.21. The largest absolute Gasteiger partial charge is 0.381 e. The molecule has 4 nitrogen and oxygen atoms in total. The molecule has 1 saturated heterocycles. The molecule has 7 heteroatoms. The highest BCUT2D eigenvalue weighted by Gasteiger charge is 2.31. The fourth-order valence-corrected chi connectivity index (χ4v) is 3.83. The molecule has 0 atom stereocenters. The van der Waals surface area contributed by atoms with Crippen molar-refractivity contribution >= 4 is 15.6 Å². The molecule has 1 heterocycles. The first-order valence-corrected chi connectivity index (χ1v) is 7.90. The number of ketones is 1. The second-order valence-electron chi connectivity index (χ2n) is 4.64. The summed E-state index contributed by atoms with van der Waals surface area (Å²) in [5, 5.41) is -0.685. The van der Waals surface area contributed by atoms with Crippen LogP contribution in [-0.4, -0.2) is 38.4 Å². The lowest BCUT2D eigenvalue weighted by Crippen LogP contribution is -2.33. The summed E-state index contributed by atoms with van der Waals surface area (Å²) in [5.41, 5.74) is -0.789. The van der Waals surface area contributed by atoms with E-state index in [9.17, 15) is 22.0 Å². The Morgan fingerprint density at radius 3 is 2.30 bits per heavy atom. The van der Waals surface area contributed by atoms with E-state index in [1.165, 1.54) is 0 Å². The summed E-state index contributed by atoms with van der Waals surface area (Å²) in [6.07, 6.45) is 0.602. The quantitative estimate of drug-likeness (QED) is 0.795. The van der Waals surface area contributed by atoms with Crippen molar-refractivity contribution in [3.05, 3.63) is 35.4 Å². The molecule has 0 N–H and O–H groups in total. The van der Waals surface area contributed by atoms with Gasteiger partial charge in [-0.15, -0.1) is 0 Å². The molecule has 0 radical (unpaired) electrons. The van der Waals surface area contributed by atoms with Gasteiger partial charge in [0.05, 0.1) is 10.8 Å². The molecule has 2 rings (SSSR count). The van der Waals surface area contributed by atoms with E-state index in [4.69, 9.17) is 4.74 Å². The van der Waals surface area contributed by atoms with Gasteiger partial charge in [0.2, 0.25) is 0 Å². The molecule has 0 aliphatic carbocycles. The second-order valence-corrected chi connectivity index (χ2v) is 6.92. The van der Waals surface area contributed by atoms with Crippen molar-refractivity contribution < 1.29 is 26.7 Å². The Labute approximate surface area is 115 Å². The van der Waals surface area contributed by atoms with Gasteiger partial charge in [-0.25, -0.2) is 17.2 Å². The van der Waals surface area contributed by atoms with Crippen LogP contribution in [0.15, 0.2) is 18.2 Å². The lowest BCUT2D eigenvalue weighted by molar-refractivity contribution is 0.0969. The standard InChI is InChI=1S/C13H14F2O4S/c14-10-2-1-3-11(15)13(10)12(16)8-20(17,18)9-4-6-19-7-5-9/h1-3,9H,4-8H2. The summed E-state index contributed by atoms with van der Waals surface area (Å²) in [6.45, 7) is 0.623. The Kier molecular flexibility index (Phi) is 4.49. The maximum Gasteiger partial charge on any atom is 0.183 e. The molecule has 0 amide bonds. The third-order valence-corrected chi connectivity index (χ3v) is 5.40. The zero-order valence-corrected chi connectivity index (χ0v) is 11.5. The SMILES string of the molecule is O=C(CS(=O)(=O)C1CCOCC1)c1c(F)cccc1F. The molecular formula is C13H14F2O4S. The second kappa shape index (κ2) is 5.97. The molecule has 110 valence electrons. The number of benzene rings is 1. The van der Waals surface area contributed by atoms with Gasteiger partial charge in [0.15, 0.2) is 15.6 Å². The molecule has 20 heavy (non-hydrogen) atoms. The predicted octanol–water partition coefficient (Wildman–Crippen LogP) is 1.74. The van der Waals surface area contributed by atoms with Crippen molar-refractivity contribution in [2.45, 2.75) is 18.1 Å².